The molecular weight excluding hydrogens is 454 g/mol. The van der Waals surface area contributed by atoms with Crippen molar-refractivity contribution in [2.45, 2.75) is 43.5 Å². The average Bonchev–Trinajstić information content (AvgIpc) is 2.79. The minimum absolute atomic E-state index is 0.0915. The summed E-state index contributed by atoms with van der Waals surface area (Å²) in [7, 11) is -3.51. The molecule has 0 atom stereocenters. The third-order valence-corrected chi connectivity index (χ3v) is 8.92. The van der Waals surface area contributed by atoms with Gasteiger partial charge in [0.2, 0.25) is 15.9 Å². The Hall–Kier alpha value is -2.42. The summed E-state index contributed by atoms with van der Waals surface area (Å²) < 4.78 is 27.8. The molecule has 0 unspecified atom stereocenters. The molecule has 3 aromatic rings. The predicted molar refractivity (Wildman–Crippen MR) is 134 cm³/mol. The largest absolute Gasteiger partial charge is 0.325 e. The van der Waals surface area contributed by atoms with Crippen LogP contribution in [-0.2, 0) is 14.8 Å². The smallest absolute Gasteiger partial charge is 0.243 e. The van der Waals surface area contributed by atoms with Gasteiger partial charge in [-0.2, -0.15) is 4.31 Å². The molecule has 174 valence electrons. The Morgan fingerprint density at radius 1 is 1.09 bits per heavy atom. The number of thioether (sulfide) groups is 1. The van der Waals surface area contributed by atoms with E-state index in [0.29, 0.717) is 23.9 Å². The van der Waals surface area contributed by atoms with E-state index in [0.717, 1.165) is 45.6 Å². The zero-order valence-electron chi connectivity index (χ0n) is 19.2. The second-order valence-electron chi connectivity index (χ2n) is 8.69. The van der Waals surface area contributed by atoms with Crippen LogP contribution in [0.25, 0.3) is 10.9 Å². The van der Waals surface area contributed by atoms with E-state index in [-0.39, 0.29) is 11.7 Å². The van der Waals surface area contributed by atoms with Gasteiger partial charge in [-0.25, -0.2) is 13.4 Å². The molecule has 0 saturated carbocycles. The van der Waals surface area contributed by atoms with Gasteiger partial charge in [0.25, 0.3) is 0 Å². The van der Waals surface area contributed by atoms with Gasteiger partial charge in [0, 0.05) is 24.2 Å². The molecule has 1 saturated heterocycles. The maximum atomic E-state index is 13.1. The van der Waals surface area contributed by atoms with Crippen LogP contribution in [0.1, 0.15) is 30.9 Å². The van der Waals surface area contributed by atoms with Crippen LogP contribution in [-0.4, -0.2) is 42.5 Å². The molecule has 2 aromatic carbocycles. The van der Waals surface area contributed by atoms with Crippen LogP contribution in [0, 0.1) is 19.8 Å². The monoisotopic (exact) mass is 483 g/mol. The van der Waals surface area contributed by atoms with E-state index in [9.17, 15) is 13.2 Å². The molecule has 1 aromatic heterocycles. The number of amides is 1. The fourth-order valence-electron chi connectivity index (χ4n) is 3.99. The number of nitrogens with one attached hydrogen (secondary N) is 1. The van der Waals surface area contributed by atoms with Crippen molar-refractivity contribution in [2.24, 2.45) is 5.92 Å². The number of pyridine rings is 1. The van der Waals surface area contributed by atoms with Crippen molar-refractivity contribution >= 4 is 44.3 Å². The number of carbonyl (C=O) groups excluding carboxylic acids is 1. The number of nitrogens with zero attached hydrogens (tertiary/aromatic N) is 2. The minimum Gasteiger partial charge on any atom is -0.325 e. The summed E-state index contributed by atoms with van der Waals surface area (Å²) in [5.41, 5.74) is 3.48. The Bertz CT molecular complexity index is 1280. The average molecular weight is 484 g/mol. The number of fused-ring (bicyclic) bond motifs is 1. The van der Waals surface area contributed by atoms with Crippen molar-refractivity contribution in [3.05, 3.63) is 59.7 Å². The number of benzene rings is 2. The van der Waals surface area contributed by atoms with Gasteiger partial charge < -0.3 is 5.32 Å². The molecule has 0 spiro atoms. The second kappa shape index (κ2) is 9.83. The van der Waals surface area contributed by atoms with Crippen LogP contribution in [0.15, 0.2) is 58.5 Å². The zero-order valence-corrected chi connectivity index (χ0v) is 20.8. The molecule has 33 heavy (non-hydrogen) atoms. The van der Waals surface area contributed by atoms with Crippen LogP contribution in [0.3, 0.4) is 0 Å². The van der Waals surface area contributed by atoms with Crippen molar-refractivity contribution in [3.63, 3.8) is 0 Å². The molecule has 0 radical (unpaired) electrons. The molecule has 4 rings (SSSR count). The lowest BCUT2D eigenvalue weighted by Crippen LogP contribution is -2.37. The van der Waals surface area contributed by atoms with Crippen molar-refractivity contribution < 1.29 is 13.2 Å². The molecule has 8 heteroatoms. The van der Waals surface area contributed by atoms with Crippen LogP contribution in [0.4, 0.5) is 5.69 Å². The number of hydrogen-bond acceptors (Lipinski definition) is 5. The summed E-state index contributed by atoms with van der Waals surface area (Å²) in [6, 6.07) is 14.7. The molecule has 2 heterocycles. The quantitative estimate of drug-likeness (QED) is 0.499. The number of piperidine rings is 1. The first-order valence-corrected chi connectivity index (χ1v) is 13.6. The van der Waals surface area contributed by atoms with E-state index in [1.807, 2.05) is 44.2 Å². The van der Waals surface area contributed by atoms with E-state index >= 15 is 0 Å². The number of hydrogen-bond donors (Lipinski definition) is 1. The highest BCUT2D eigenvalue weighted by Gasteiger charge is 2.28. The normalized spacial score (nSPS) is 15.6. The van der Waals surface area contributed by atoms with Gasteiger partial charge in [0.1, 0.15) is 0 Å². The van der Waals surface area contributed by atoms with Crippen LogP contribution >= 0.6 is 11.8 Å². The molecule has 1 aliphatic rings. The van der Waals surface area contributed by atoms with E-state index in [1.165, 1.54) is 11.8 Å². The Balaban J connectivity index is 1.49. The van der Waals surface area contributed by atoms with Crippen LogP contribution < -0.4 is 5.32 Å². The molecule has 1 N–H and O–H groups in total. The van der Waals surface area contributed by atoms with Gasteiger partial charge >= 0.3 is 0 Å². The summed E-state index contributed by atoms with van der Waals surface area (Å²) in [6.45, 7) is 7.20. The number of para-hydroxylation sites is 1. The van der Waals surface area contributed by atoms with Gasteiger partial charge in [-0.15, -0.1) is 0 Å². The number of sulfonamides is 1. The standard InChI is InChI=1S/C25H29N3O3S2/c1-17-10-12-28(13-11-17)33(30,31)20-8-9-23-21(15-20)19(3)14-25(27-23)32-16-24(29)26-22-7-5-4-6-18(22)2/h4-9,14-15,17H,10-13,16H2,1-3H3,(H,26,29). The SMILES string of the molecule is Cc1ccccc1NC(=O)CSc1cc(C)c2cc(S(=O)(=O)N3CCC(C)CC3)ccc2n1. The fourth-order valence-corrected chi connectivity index (χ4v) is 6.26. The second-order valence-corrected chi connectivity index (χ2v) is 11.6. The first-order valence-electron chi connectivity index (χ1n) is 11.1. The number of aryl methyl sites for hydroxylation is 2. The first-order chi connectivity index (χ1) is 15.7. The summed E-state index contributed by atoms with van der Waals surface area (Å²) in [4.78, 5) is 17.3. The molecular formula is C25H29N3O3S2. The van der Waals surface area contributed by atoms with E-state index in [4.69, 9.17) is 0 Å². The van der Waals surface area contributed by atoms with Gasteiger partial charge in [0.15, 0.2) is 0 Å². The lowest BCUT2D eigenvalue weighted by molar-refractivity contribution is -0.113. The summed E-state index contributed by atoms with van der Waals surface area (Å²) >= 11 is 1.37. The molecule has 1 amide bonds. The number of carbonyl (C=O) groups is 1. The van der Waals surface area contributed by atoms with Gasteiger partial charge in [-0.05, 0) is 74.1 Å². The Kier molecular flexibility index (Phi) is 7.07. The third-order valence-electron chi connectivity index (χ3n) is 6.11. The molecule has 1 fully saturated rings. The fraction of sp³-hybridized carbons (Fsp3) is 0.360. The van der Waals surface area contributed by atoms with Crippen molar-refractivity contribution in [1.29, 1.82) is 0 Å². The highest BCUT2D eigenvalue weighted by atomic mass is 32.2. The van der Waals surface area contributed by atoms with E-state index in [1.54, 1.807) is 22.5 Å². The number of aromatic nitrogens is 1. The molecule has 0 bridgehead atoms. The summed E-state index contributed by atoms with van der Waals surface area (Å²) in [5.74, 6) is 0.715. The van der Waals surface area contributed by atoms with Crippen molar-refractivity contribution in [2.75, 3.05) is 24.2 Å². The third kappa shape index (κ3) is 5.39. The van der Waals surface area contributed by atoms with Crippen LogP contribution in [0.5, 0.6) is 0 Å². The van der Waals surface area contributed by atoms with Gasteiger partial charge in [-0.3, -0.25) is 4.79 Å². The Labute approximate surface area is 199 Å². The van der Waals surface area contributed by atoms with Crippen molar-refractivity contribution in [1.82, 2.24) is 9.29 Å². The van der Waals surface area contributed by atoms with Crippen molar-refractivity contribution in [3.8, 4) is 0 Å². The lowest BCUT2D eigenvalue weighted by Gasteiger charge is -2.29. The molecule has 1 aliphatic heterocycles. The predicted octanol–water partition coefficient (Wildman–Crippen LogP) is 5.00. The molecule has 0 aliphatic carbocycles. The topological polar surface area (TPSA) is 79.4 Å². The van der Waals surface area contributed by atoms with Gasteiger partial charge in [-0.1, -0.05) is 36.9 Å². The Morgan fingerprint density at radius 2 is 1.82 bits per heavy atom. The summed E-state index contributed by atoms with van der Waals surface area (Å²) in [6.07, 6.45) is 1.79. The van der Waals surface area contributed by atoms with E-state index in [2.05, 4.69) is 17.2 Å². The maximum absolute atomic E-state index is 13.1. The molecule has 6 nitrogen and oxygen atoms in total. The van der Waals surface area contributed by atoms with E-state index < -0.39 is 10.0 Å². The Morgan fingerprint density at radius 3 is 2.55 bits per heavy atom. The van der Waals surface area contributed by atoms with Gasteiger partial charge in [0.05, 0.1) is 21.2 Å². The minimum atomic E-state index is -3.51. The number of rotatable bonds is 6. The maximum Gasteiger partial charge on any atom is 0.243 e. The zero-order chi connectivity index (χ0) is 23.6. The highest BCUT2D eigenvalue weighted by molar-refractivity contribution is 7.99. The summed E-state index contributed by atoms with van der Waals surface area (Å²) in [5, 5.41) is 4.48. The lowest BCUT2D eigenvalue weighted by atomic mass is 10.0. The first kappa shape index (κ1) is 23.7. The number of anilines is 1. The van der Waals surface area contributed by atoms with Crippen LogP contribution in [0.2, 0.25) is 0 Å². The highest BCUT2D eigenvalue weighted by Crippen LogP contribution is 2.29.